The molecule has 0 aromatic carbocycles. The fraction of sp³-hybridized carbons (Fsp3) is 0.571. The van der Waals surface area contributed by atoms with Crippen molar-refractivity contribution in [3.05, 3.63) is 35.7 Å². The minimum Gasteiger partial charge on any atom is -0.349 e. The second kappa shape index (κ2) is 7.62. The Morgan fingerprint density at radius 2 is 2.24 bits per heavy atom. The minimum absolute atomic E-state index is 0.980. The van der Waals surface area contributed by atoms with Gasteiger partial charge in [-0.05, 0) is 32.4 Å². The van der Waals surface area contributed by atoms with Gasteiger partial charge in [0, 0.05) is 42.5 Å². The lowest BCUT2D eigenvalue weighted by molar-refractivity contribution is 0.695. The highest BCUT2D eigenvalue weighted by atomic mass is 32.2. The second-order valence-electron chi connectivity index (χ2n) is 4.18. The number of nitrogens with zero attached hydrogens (tertiary/aromatic N) is 1. The van der Waals surface area contributed by atoms with Crippen LogP contribution >= 0.6 is 11.8 Å². The normalized spacial score (nSPS) is 10.8. The van der Waals surface area contributed by atoms with Crippen LogP contribution in [0.15, 0.2) is 18.7 Å². The zero-order valence-corrected chi connectivity index (χ0v) is 12.1. The number of rotatable bonds is 8. The summed E-state index contributed by atoms with van der Waals surface area (Å²) in [7, 11) is 0. The molecule has 0 bridgehead atoms. The van der Waals surface area contributed by atoms with E-state index >= 15 is 0 Å². The van der Waals surface area contributed by atoms with E-state index in [1.165, 1.54) is 17.0 Å². The average molecular weight is 252 g/mol. The predicted octanol–water partition coefficient (Wildman–Crippen LogP) is 3.13. The molecule has 0 amide bonds. The van der Waals surface area contributed by atoms with E-state index in [-0.39, 0.29) is 0 Å². The van der Waals surface area contributed by atoms with Crippen LogP contribution in [-0.4, -0.2) is 22.6 Å². The van der Waals surface area contributed by atoms with Gasteiger partial charge in [-0.1, -0.05) is 6.08 Å². The van der Waals surface area contributed by atoms with E-state index in [1.54, 1.807) is 0 Å². The second-order valence-corrected chi connectivity index (χ2v) is 5.33. The molecule has 1 aromatic rings. The molecule has 0 spiro atoms. The van der Waals surface area contributed by atoms with Gasteiger partial charge in [-0.3, -0.25) is 0 Å². The molecule has 0 aliphatic rings. The summed E-state index contributed by atoms with van der Waals surface area (Å²) in [5, 5.41) is 3.50. The molecule has 0 radical (unpaired) electrons. The minimum atomic E-state index is 0.980. The lowest BCUT2D eigenvalue weighted by atomic mass is 10.2. The van der Waals surface area contributed by atoms with Crippen molar-refractivity contribution in [2.45, 2.75) is 33.9 Å². The van der Waals surface area contributed by atoms with Gasteiger partial charge < -0.3 is 9.88 Å². The maximum atomic E-state index is 3.72. The van der Waals surface area contributed by atoms with Crippen molar-refractivity contribution in [3.8, 4) is 0 Å². The van der Waals surface area contributed by atoms with E-state index in [2.05, 4.69) is 43.3 Å². The monoisotopic (exact) mass is 252 g/mol. The highest BCUT2D eigenvalue weighted by Crippen LogP contribution is 2.14. The number of hydrogen-bond donors (Lipinski definition) is 1. The SMILES string of the molecule is C=CCSCCNCc1cc(C)n(CC)c1C. The quantitative estimate of drug-likeness (QED) is 0.565. The Hall–Kier alpha value is -0.670. The molecule has 1 aromatic heterocycles. The number of nitrogens with one attached hydrogen (secondary N) is 1. The fourth-order valence-electron chi connectivity index (χ4n) is 2.07. The Kier molecular flexibility index (Phi) is 6.45. The van der Waals surface area contributed by atoms with Crippen molar-refractivity contribution < 1.29 is 0 Å². The van der Waals surface area contributed by atoms with Gasteiger partial charge in [0.05, 0.1) is 0 Å². The lowest BCUT2D eigenvalue weighted by Crippen LogP contribution is -2.17. The summed E-state index contributed by atoms with van der Waals surface area (Å²) in [6, 6.07) is 2.29. The van der Waals surface area contributed by atoms with Crippen LogP contribution in [0.2, 0.25) is 0 Å². The number of hydrogen-bond acceptors (Lipinski definition) is 2. The van der Waals surface area contributed by atoms with Crippen LogP contribution in [0.4, 0.5) is 0 Å². The number of aryl methyl sites for hydroxylation is 1. The fourth-order valence-corrected chi connectivity index (χ4v) is 2.69. The van der Waals surface area contributed by atoms with Crippen LogP contribution in [-0.2, 0) is 13.1 Å². The first-order valence-corrected chi connectivity index (χ1v) is 7.41. The molecule has 2 nitrogen and oxygen atoms in total. The van der Waals surface area contributed by atoms with Gasteiger partial charge in [0.2, 0.25) is 0 Å². The van der Waals surface area contributed by atoms with Crippen molar-refractivity contribution in [1.29, 1.82) is 0 Å². The summed E-state index contributed by atoms with van der Waals surface area (Å²) >= 11 is 1.92. The predicted molar refractivity (Wildman–Crippen MR) is 78.8 cm³/mol. The van der Waals surface area contributed by atoms with Crippen molar-refractivity contribution in [2.75, 3.05) is 18.1 Å². The van der Waals surface area contributed by atoms with E-state index in [9.17, 15) is 0 Å². The number of aromatic nitrogens is 1. The van der Waals surface area contributed by atoms with Gasteiger partial charge in [0.1, 0.15) is 0 Å². The third kappa shape index (κ3) is 4.25. The Morgan fingerprint density at radius 1 is 1.47 bits per heavy atom. The Labute approximate surface area is 109 Å². The molecule has 0 saturated carbocycles. The van der Waals surface area contributed by atoms with Gasteiger partial charge in [-0.15, -0.1) is 6.58 Å². The van der Waals surface area contributed by atoms with Gasteiger partial charge >= 0.3 is 0 Å². The largest absolute Gasteiger partial charge is 0.349 e. The van der Waals surface area contributed by atoms with Crippen LogP contribution in [0.3, 0.4) is 0 Å². The molecule has 0 atom stereocenters. The van der Waals surface area contributed by atoms with Gasteiger partial charge in [-0.25, -0.2) is 0 Å². The van der Waals surface area contributed by atoms with Crippen LogP contribution in [0.1, 0.15) is 23.9 Å². The highest BCUT2D eigenvalue weighted by molar-refractivity contribution is 7.99. The first-order chi connectivity index (χ1) is 8.20. The van der Waals surface area contributed by atoms with E-state index in [4.69, 9.17) is 0 Å². The van der Waals surface area contributed by atoms with Crippen molar-refractivity contribution >= 4 is 11.8 Å². The highest BCUT2D eigenvalue weighted by Gasteiger charge is 2.06. The molecular weight excluding hydrogens is 228 g/mol. The molecule has 1 rings (SSSR count). The van der Waals surface area contributed by atoms with Gasteiger partial charge in [0.25, 0.3) is 0 Å². The zero-order valence-electron chi connectivity index (χ0n) is 11.3. The van der Waals surface area contributed by atoms with Gasteiger partial charge in [-0.2, -0.15) is 11.8 Å². The summed E-state index contributed by atoms with van der Waals surface area (Å²) in [5.74, 6) is 2.20. The molecule has 0 aliphatic carbocycles. The summed E-state index contributed by atoms with van der Waals surface area (Å²) in [6.45, 7) is 13.4. The Balaban J connectivity index is 2.34. The zero-order chi connectivity index (χ0) is 12.7. The molecule has 0 unspecified atom stereocenters. The maximum absolute atomic E-state index is 3.72. The van der Waals surface area contributed by atoms with Crippen molar-refractivity contribution in [1.82, 2.24) is 9.88 Å². The smallest absolute Gasteiger partial charge is 0.0223 e. The van der Waals surface area contributed by atoms with Gasteiger partial charge in [0.15, 0.2) is 0 Å². The molecule has 3 heteroatoms. The number of thioether (sulfide) groups is 1. The third-order valence-electron chi connectivity index (χ3n) is 2.97. The molecule has 17 heavy (non-hydrogen) atoms. The van der Waals surface area contributed by atoms with Crippen molar-refractivity contribution in [3.63, 3.8) is 0 Å². The third-order valence-corrected chi connectivity index (χ3v) is 3.93. The standard InChI is InChI=1S/C14H24N2S/c1-5-8-17-9-7-15-11-14-10-12(3)16(6-2)13(14)4/h5,10,15H,1,6-9,11H2,2-4H3. The van der Waals surface area contributed by atoms with E-state index in [0.717, 1.165) is 31.1 Å². The Bertz CT molecular complexity index is 355. The van der Waals surface area contributed by atoms with E-state index in [0.29, 0.717) is 0 Å². The topological polar surface area (TPSA) is 17.0 Å². The van der Waals surface area contributed by atoms with Crippen LogP contribution in [0.25, 0.3) is 0 Å². The Morgan fingerprint density at radius 3 is 2.82 bits per heavy atom. The summed E-state index contributed by atoms with van der Waals surface area (Å²) in [6.07, 6.45) is 1.96. The molecule has 1 heterocycles. The molecular formula is C14H24N2S. The average Bonchev–Trinajstić information content (AvgIpc) is 2.58. The summed E-state index contributed by atoms with van der Waals surface area (Å²) < 4.78 is 2.36. The van der Waals surface area contributed by atoms with Crippen LogP contribution < -0.4 is 5.32 Å². The lowest BCUT2D eigenvalue weighted by Gasteiger charge is -2.07. The van der Waals surface area contributed by atoms with Crippen LogP contribution in [0, 0.1) is 13.8 Å². The first-order valence-electron chi connectivity index (χ1n) is 6.25. The molecule has 96 valence electrons. The molecule has 0 aliphatic heterocycles. The molecule has 0 saturated heterocycles. The summed E-state index contributed by atoms with van der Waals surface area (Å²) in [5.41, 5.74) is 4.19. The van der Waals surface area contributed by atoms with Crippen LogP contribution in [0.5, 0.6) is 0 Å². The maximum Gasteiger partial charge on any atom is 0.0223 e. The molecule has 0 fully saturated rings. The summed E-state index contributed by atoms with van der Waals surface area (Å²) in [4.78, 5) is 0. The van der Waals surface area contributed by atoms with E-state index in [1.807, 2.05) is 17.8 Å². The molecule has 1 N–H and O–H groups in total. The first kappa shape index (κ1) is 14.4. The van der Waals surface area contributed by atoms with Crippen molar-refractivity contribution in [2.24, 2.45) is 0 Å². The van der Waals surface area contributed by atoms with E-state index < -0.39 is 0 Å².